The first-order chi connectivity index (χ1) is 17.5. The zero-order valence-electron chi connectivity index (χ0n) is 21.2. The molecule has 2 aliphatic heterocycles. The molecule has 2 aliphatic rings. The lowest BCUT2D eigenvalue weighted by molar-refractivity contribution is 0.428. The van der Waals surface area contributed by atoms with Crippen LogP contribution in [0.4, 0.5) is 17.2 Å². The van der Waals surface area contributed by atoms with Crippen molar-refractivity contribution in [3.8, 4) is 0 Å². The van der Waals surface area contributed by atoms with E-state index < -0.39 is 0 Å². The Kier molecular flexibility index (Phi) is 8.10. The van der Waals surface area contributed by atoms with Gasteiger partial charge in [-0.25, -0.2) is 9.98 Å². The number of pyridine rings is 1. The van der Waals surface area contributed by atoms with Crippen molar-refractivity contribution in [3.63, 3.8) is 0 Å². The number of hydrazine groups is 1. The van der Waals surface area contributed by atoms with Crippen LogP contribution in [0.1, 0.15) is 50.2 Å². The van der Waals surface area contributed by atoms with E-state index in [2.05, 4.69) is 77.0 Å². The van der Waals surface area contributed by atoms with Crippen LogP contribution < -0.4 is 26.8 Å². The molecular weight excluding hydrogens is 446 g/mol. The fourth-order valence-electron chi connectivity index (χ4n) is 4.73. The van der Waals surface area contributed by atoms with Crippen LogP contribution >= 0.6 is 0 Å². The van der Waals surface area contributed by atoms with Crippen LogP contribution in [-0.2, 0) is 0 Å². The smallest absolute Gasteiger partial charge is 0.128 e. The normalized spacial score (nSPS) is 15.6. The minimum atomic E-state index is 0.437. The number of piperidine rings is 1. The van der Waals surface area contributed by atoms with E-state index in [0.29, 0.717) is 11.8 Å². The highest BCUT2D eigenvalue weighted by molar-refractivity contribution is 5.90. The summed E-state index contributed by atoms with van der Waals surface area (Å²) in [6.45, 7) is 16.1. The summed E-state index contributed by atoms with van der Waals surface area (Å²) in [4.78, 5) is 11.7. The lowest BCUT2D eigenvalue weighted by Gasteiger charge is -2.33. The maximum atomic E-state index is 6.18. The Morgan fingerprint density at radius 3 is 2.69 bits per heavy atom. The number of nitrogens with one attached hydrogen (secondary N) is 3. The molecule has 4 rings (SSSR count). The van der Waals surface area contributed by atoms with E-state index in [1.165, 1.54) is 5.57 Å². The van der Waals surface area contributed by atoms with Crippen LogP contribution in [0.25, 0.3) is 11.8 Å². The standard InChI is InChI=1S/C29H37N7/c1-5-7-22-16-25-9-8-24(18-27(25)34-28(30)17-22)20(3)33-26-10-11-29(31-19-26)36-14-12-23(13-15-36)21(4)35-32-6-2/h6,8-11,16,18-19,23,32-33,35H,2-5,7,12-15,17H2,1H3,(H2,30,34). The number of hydrogen-bond donors (Lipinski definition) is 4. The van der Waals surface area contributed by atoms with Gasteiger partial charge in [0.25, 0.3) is 0 Å². The van der Waals surface area contributed by atoms with Crippen molar-refractivity contribution in [1.82, 2.24) is 15.8 Å². The van der Waals surface area contributed by atoms with Crippen molar-refractivity contribution in [1.29, 1.82) is 0 Å². The molecule has 7 nitrogen and oxygen atoms in total. The fraction of sp³-hybridized carbons (Fsp3) is 0.310. The molecule has 0 aliphatic carbocycles. The van der Waals surface area contributed by atoms with E-state index in [-0.39, 0.29) is 0 Å². The molecule has 1 aromatic carbocycles. The summed E-state index contributed by atoms with van der Waals surface area (Å²) in [5.41, 5.74) is 19.2. The maximum absolute atomic E-state index is 6.18. The second-order valence-electron chi connectivity index (χ2n) is 9.37. The van der Waals surface area contributed by atoms with E-state index in [9.17, 15) is 0 Å². The SMILES string of the molecule is C=CNNC(=C)C1CCN(c2ccc(NC(=C)c3ccc4c(c3)N=C(N)CC(CCC)=C4)cn2)CC1. The van der Waals surface area contributed by atoms with Gasteiger partial charge in [0.15, 0.2) is 0 Å². The van der Waals surface area contributed by atoms with Gasteiger partial charge in [0.05, 0.1) is 17.6 Å². The summed E-state index contributed by atoms with van der Waals surface area (Å²) in [7, 11) is 0. The molecular formula is C29H37N7. The molecule has 3 heterocycles. The minimum absolute atomic E-state index is 0.437. The van der Waals surface area contributed by atoms with Crippen LogP contribution in [0.5, 0.6) is 0 Å². The van der Waals surface area contributed by atoms with Crippen LogP contribution in [0, 0.1) is 5.92 Å². The Bertz CT molecular complexity index is 1170. The van der Waals surface area contributed by atoms with Gasteiger partial charge >= 0.3 is 0 Å². The Balaban J connectivity index is 1.37. The molecule has 0 amide bonds. The zero-order valence-corrected chi connectivity index (χ0v) is 21.2. The second kappa shape index (κ2) is 11.6. The molecule has 0 spiro atoms. The van der Waals surface area contributed by atoms with Crippen LogP contribution in [0.3, 0.4) is 0 Å². The van der Waals surface area contributed by atoms with Gasteiger partial charge < -0.3 is 26.8 Å². The van der Waals surface area contributed by atoms with E-state index >= 15 is 0 Å². The van der Waals surface area contributed by atoms with Gasteiger partial charge in [0.2, 0.25) is 0 Å². The van der Waals surface area contributed by atoms with Crippen molar-refractivity contribution in [2.45, 2.75) is 39.0 Å². The van der Waals surface area contributed by atoms with Gasteiger partial charge in [-0.1, -0.05) is 56.9 Å². The first-order valence-corrected chi connectivity index (χ1v) is 12.6. The monoisotopic (exact) mass is 483 g/mol. The predicted octanol–water partition coefficient (Wildman–Crippen LogP) is 5.71. The number of allylic oxidation sites excluding steroid dienone is 1. The number of nitrogens with two attached hydrogens (primary N) is 1. The Morgan fingerprint density at radius 2 is 2.00 bits per heavy atom. The Morgan fingerprint density at radius 1 is 1.19 bits per heavy atom. The van der Waals surface area contributed by atoms with Gasteiger partial charge in [0, 0.05) is 48.6 Å². The Labute approximate surface area is 214 Å². The van der Waals surface area contributed by atoms with Gasteiger partial charge in [-0.3, -0.25) is 0 Å². The van der Waals surface area contributed by atoms with Gasteiger partial charge in [0.1, 0.15) is 11.7 Å². The number of amidine groups is 1. The van der Waals surface area contributed by atoms with Crippen molar-refractivity contribution >= 4 is 34.8 Å². The second-order valence-corrected chi connectivity index (χ2v) is 9.37. The highest BCUT2D eigenvalue weighted by atomic mass is 15.3. The molecule has 2 aromatic rings. The van der Waals surface area contributed by atoms with Crippen LogP contribution in [-0.4, -0.2) is 23.9 Å². The summed E-state index contributed by atoms with van der Waals surface area (Å²) in [5.74, 6) is 2.08. The van der Waals surface area contributed by atoms with Gasteiger partial charge in [-0.05, 0) is 43.0 Å². The third-order valence-corrected chi connectivity index (χ3v) is 6.67. The van der Waals surface area contributed by atoms with Gasteiger partial charge in [-0.15, -0.1) is 0 Å². The molecule has 1 aromatic heterocycles. The lowest BCUT2D eigenvalue weighted by atomic mass is 9.94. The lowest BCUT2D eigenvalue weighted by Crippen LogP contribution is -2.38. The zero-order chi connectivity index (χ0) is 25.5. The van der Waals surface area contributed by atoms with E-state index in [4.69, 9.17) is 10.7 Å². The number of benzene rings is 1. The molecule has 0 atom stereocenters. The number of hydrogen-bond acceptors (Lipinski definition) is 7. The number of anilines is 2. The molecule has 7 heteroatoms. The highest BCUT2D eigenvalue weighted by Crippen LogP contribution is 2.31. The van der Waals surface area contributed by atoms with Crippen LogP contribution in [0.2, 0.25) is 0 Å². The number of aromatic nitrogens is 1. The number of rotatable bonds is 10. The topological polar surface area (TPSA) is 90.6 Å². The molecule has 188 valence electrons. The van der Waals surface area contributed by atoms with E-state index in [1.807, 2.05) is 18.3 Å². The number of nitrogens with zero attached hydrogens (tertiary/aromatic N) is 3. The summed E-state index contributed by atoms with van der Waals surface area (Å²) in [6, 6.07) is 10.3. The fourth-order valence-corrected chi connectivity index (χ4v) is 4.73. The minimum Gasteiger partial charge on any atom is -0.387 e. The summed E-state index contributed by atoms with van der Waals surface area (Å²) in [5, 5.41) is 3.39. The van der Waals surface area contributed by atoms with E-state index in [0.717, 1.165) is 84.9 Å². The first-order valence-electron chi connectivity index (χ1n) is 12.6. The average Bonchev–Trinajstić information content (AvgIpc) is 3.04. The van der Waals surface area contributed by atoms with Crippen molar-refractivity contribution in [3.05, 3.63) is 84.9 Å². The quantitative estimate of drug-likeness (QED) is 0.324. The van der Waals surface area contributed by atoms with Crippen LogP contribution in [0.15, 0.2) is 78.7 Å². The summed E-state index contributed by atoms with van der Waals surface area (Å²) in [6.07, 6.45) is 10.6. The molecule has 1 fully saturated rings. The molecule has 0 bridgehead atoms. The molecule has 1 saturated heterocycles. The summed E-state index contributed by atoms with van der Waals surface area (Å²) >= 11 is 0. The predicted molar refractivity (Wildman–Crippen MR) is 153 cm³/mol. The van der Waals surface area contributed by atoms with Crippen molar-refractivity contribution in [2.75, 3.05) is 23.3 Å². The third kappa shape index (κ3) is 6.16. The molecule has 36 heavy (non-hydrogen) atoms. The number of aliphatic imine (C=N–C) groups is 1. The molecule has 0 saturated carbocycles. The number of fused-ring (bicyclic) bond motifs is 1. The van der Waals surface area contributed by atoms with Crippen molar-refractivity contribution < 1.29 is 0 Å². The average molecular weight is 484 g/mol. The van der Waals surface area contributed by atoms with Gasteiger partial charge in [-0.2, -0.15) is 0 Å². The Hall–Kier alpha value is -4.00. The summed E-state index contributed by atoms with van der Waals surface area (Å²) < 4.78 is 0. The third-order valence-electron chi connectivity index (χ3n) is 6.67. The molecule has 0 radical (unpaired) electrons. The maximum Gasteiger partial charge on any atom is 0.128 e. The molecule has 5 N–H and O–H groups in total. The van der Waals surface area contributed by atoms with Crippen molar-refractivity contribution in [2.24, 2.45) is 16.6 Å². The first kappa shape index (κ1) is 25.1. The molecule has 0 unspecified atom stereocenters. The van der Waals surface area contributed by atoms with E-state index in [1.54, 1.807) is 6.20 Å². The highest BCUT2D eigenvalue weighted by Gasteiger charge is 2.22. The largest absolute Gasteiger partial charge is 0.387 e.